The third-order valence-electron chi connectivity index (χ3n) is 3.61. The second-order valence-corrected chi connectivity index (χ2v) is 4.52. The zero-order valence-corrected chi connectivity index (χ0v) is 13.7. The second kappa shape index (κ2) is 4.46. The van der Waals surface area contributed by atoms with Crippen molar-refractivity contribution in [3.05, 3.63) is 66.0 Å². The van der Waals surface area contributed by atoms with Gasteiger partial charge in [-0.1, -0.05) is 36.4 Å². The molecule has 0 saturated heterocycles. The molecule has 0 amide bonds. The first kappa shape index (κ1) is 11.8. The molecule has 0 N–H and O–H groups in total. The Morgan fingerprint density at radius 3 is 2.72 bits per heavy atom. The maximum Gasteiger partial charge on any atom is 0.0349 e. The van der Waals surface area contributed by atoms with Crippen LogP contribution >= 0.6 is 0 Å². The summed E-state index contributed by atoms with van der Waals surface area (Å²) in [7, 11) is 0. The van der Waals surface area contributed by atoms with E-state index in [1.165, 1.54) is 33.0 Å². The van der Waals surface area contributed by atoms with E-state index in [-0.39, 0.29) is 27.3 Å². The van der Waals surface area contributed by atoms with Crippen molar-refractivity contribution >= 4 is 38.1 Å². The second-order valence-electron chi connectivity index (χ2n) is 4.52. The van der Waals surface area contributed by atoms with Gasteiger partial charge >= 0.3 is 0 Å². The van der Waals surface area contributed by atoms with E-state index in [1.54, 1.807) is 0 Å². The normalized spacial score (nSPS) is 11.8. The number of pyridine rings is 1. The molecule has 1 aliphatic rings. The molecule has 0 aliphatic heterocycles. The van der Waals surface area contributed by atoms with Crippen LogP contribution in [0.4, 0.5) is 0 Å². The van der Waals surface area contributed by atoms with Crippen LogP contribution in [0.25, 0.3) is 21.9 Å². The first-order chi connectivity index (χ1) is 8.43. The van der Waals surface area contributed by atoms with Crippen LogP contribution in [0.15, 0.2) is 54.9 Å². The quantitative estimate of drug-likeness (QED) is 0.394. The average molecular weight is 424 g/mol. The van der Waals surface area contributed by atoms with Gasteiger partial charge in [-0.15, -0.1) is 0 Å². The molecule has 3 aromatic rings. The first-order valence-corrected chi connectivity index (χ1v) is 5.87. The molecule has 0 unspecified atom stereocenters. The fourth-order valence-corrected chi connectivity index (χ4v) is 2.79. The maximum atomic E-state index is 4.25. The first-order valence-electron chi connectivity index (χ1n) is 5.87. The van der Waals surface area contributed by atoms with E-state index < -0.39 is 0 Å². The van der Waals surface area contributed by atoms with Gasteiger partial charge in [0.05, 0.1) is 0 Å². The monoisotopic (exact) mass is 425 g/mol. The Morgan fingerprint density at radius 1 is 0.889 bits per heavy atom. The molecule has 1 nitrogen and oxygen atoms in total. The van der Waals surface area contributed by atoms with Crippen molar-refractivity contribution < 1.29 is 0 Å². The predicted molar refractivity (Wildman–Crippen MR) is 75.7 cm³/mol. The van der Waals surface area contributed by atoms with Crippen molar-refractivity contribution in [2.24, 2.45) is 0 Å². The van der Waals surface area contributed by atoms with Gasteiger partial charge in [0.2, 0.25) is 0 Å². The van der Waals surface area contributed by atoms with Crippen molar-refractivity contribution in [1.29, 1.82) is 0 Å². The number of benzene rings is 2. The summed E-state index contributed by atoms with van der Waals surface area (Å²) in [6.07, 6.45) is 4.88. The minimum atomic E-state index is 0. The van der Waals surface area contributed by atoms with E-state index >= 15 is 0 Å². The summed E-state index contributed by atoms with van der Waals surface area (Å²) in [5.74, 6) is 0. The summed E-state index contributed by atoms with van der Waals surface area (Å²) >= 11 is 0. The molecular weight excluding hydrogens is 413 g/mol. The molecular formula is C16H11NPb. The van der Waals surface area contributed by atoms with Gasteiger partial charge in [0.1, 0.15) is 0 Å². The molecule has 1 heterocycles. The van der Waals surface area contributed by atoms with E-state index in [0.29, 0.717) is 0 Å². The molecule has 2 aromatic carbocycles. The van der Waals surface area contributed by atoms with Crippen LogP contribution in [0.1, 0.15) is 11.1 Å². The topological polar surface area (TPSA) is 12.9 Å². The van der Waals surface area contributed by atoms with Crippen LogP contribution in [0.2, 0.25) is 0 Å². The molecule has 0 spiro atoms. The molecule has 18 heavy (non-hydrogen) atoms. The SMILES string of the molecule is [Pb].c1ccc2c(c1)Cc1c-2ccc2ccncc12. The molecule has 0 saturated carbocycles. The molecule has 1 aliphatic carbocycles. The van der Waals surface area contributed by atoms with Gasteiger partial charge in [-0.3, -0.25) is 4.98 Å². The van der Waals surface area contributed by atoms with Crippen molar-refractivity contribution in [1.82, 2.24) is 4.98 Å². The Labute approximate surface area is 126 Å². The van der Waals surface area contributed by atoms with E-state index in [1.807, 2.05) is 12.4 Å². The van der Waals surface area contributed by atoms with E-state index in [4.69, 9.17) is 0 Å². The van der Waals surface area contributed by atoms with Gasteiger partial charge in [0.25, 0.3) is 0 Å². The largest absolute Gasteiger partial charge is 0.264 e. The predicted octanol–water partition coefficient (Wildman–Crippen LogP) is 3.43. The van der Waals surface area contributed by atoms with Crippen molar-refractivity contribution in [2.75, 3.05) is 0 Å². The van der Waals surface area contributed by atoms with Crippen LogP contribution in [0.5, 0.6) is 0 Å². The van der Waals surface area contributed by atoms with E-state index in [2.05, 4.69) is 47.4 Å². The van der Waals surface area contributed by atoms with Crippen molar-refractivity contribution in [3.63, 3.8) is 0 Å². The number of hydrogen-bond acceptors (Lipinski definition) is 1. The standard InChI is InChI=1S/C16H11N.Pb/c1-2-4-13-12(3-1)9-15-14(13)6-5-11-7-8-17-10-16(11)15;/h1-8,10H,9H2;. The third kappa shape index (κ3) is 1.61. The Kier molecular flexibility index (Phi) is 2.94. The van der Waals surface area contributed by atoms with Crippen LogP contribution in [-0.4, -0.2) is 32.3 Å². The van der Waals surface area contributed by atoms with Gasteiger partial charge in [0.15, 0.2) is 0 Å². The molecule has 0 atom stereocenters. The van der Waals surface area contributed by atoms with Gasteiger partial charge in [-0.2, -0.15) is 0 Å². The molecule has 4 radical (unpaired) electrons. The molecule has 2 heteroatoms. The molecule has 1 aromatic heterocycles. The maximum absolute atomic E-state index is 4.25. The van der Waals surface area contributed by atoms with E-state index in [0.717, 1.165) is 6.42 Å². The summed E-state index contributed by atoms with van der Waals surface area (Å²) in [6, 6.07) is 15.2. The summed E-state index contributed by atoms with van der Waals surface area (Å²) in [5.41, 5.74) is 5.62. The van der Waals surface area contributed by atoms with Crippen molar-refractivity contribution in [2.45, 2.75) is 6.42 Å². The number of fused-ring (bicyclic) bond motifs is 5. The Bertz CT molecular complexity index is 734. The van der Waals surface area contributed by atoms with Crippen LogP contribution in [0, 0.1) is 0 Å². The molecule has 84 valence electrons. The van der Waals surface area contributed by atoms with Crippen molar-refractivity contribution in [3.8, 4) is 11.1 Å². The third-order valence-corrected chi connectivity index (χ3v) is 3.61. The fraction of sp³-hybridized carbons (Fsp3) is 0.0625. The van der Waals surface area contributed by atoms with Crippen LogP contribution < -0.4 is 0 Å². The van der Waals surface area contributed by atoms with Crippen LogP contribution in [0.3, 0.4) is 0 Å². The Balaban J connectivity index is 0.000001000. The molecule has 4 rings (SSSR count). The Hall–Kier alpha value is -1.23. The smallest absolute Gasteiger partial charge is 0.0349 e. The summed E-state index contributed by atoms with van der Waals surface area (Å²) in [4.78, 5) is 4.25. The average Bonchev–Trinajstić information content (AvgIpc) is 2.78. The molecule has 0 fully saturated rings. The minimum absolute atomic E-state index is 0. The number of nitrogens with zero attached hydrogens (tertiary/aromatic N) is 1. The van der Waals surface area contributed by atoms with Gasteiger partial charge in [-0.25, -0.2) is 0 Å². The summed E-state index contributed by atoms with van der Waals surface area (Å²) in [6.45, 7) is 0. The number of aromatic nitrogens is 1. The van der Waals surface area contributed by atoms with Gasteiger partial charge in [0, 0.05) is 45.1 Å². The minimum Gasteiger partial charge on any atom is -0.264 e. The molecule has 0 bridgehead atoms. The zero-order valence-electron chi connectivity index (χ0n) is 9.85. The van der Waals surface area contributed by atoms with Crippen LogP contribution in [-0.2, 0) is 6.42 Å². The number of hydrogen-bond donors (Lipinski definition) is 0. The summed E-state index contributed by atoms with van der Waals surface area (Å²) in [5, 5.41) is 2.58. The van der Waals surface area contributed by atoms with Gasteiger partial charge in [-0.05, 0) is 40.1 Å². The van der Waals surface area contributed by atoms with E-state index in [9.17, 15) is 0 Å². The zero-order chi connectivity index (χ0) is 11.2. The Morgan fingerprint density at radius 2 is 1.78 bits per heavy atom. The summed E-state index contributed by atoms with van der Waals surface area (Å²) < 4.78 is 0. The number of rotatable bonds is 0. The van der Waals surface area contributed by atoms with Gasteiger partial charge < -0.3 is 0 Å². The fourth-order valence-electron chi connectivity index (χ4n) is 2.79.